The number of phenolic OH excluding ortho intramolecular Hbond substituents is 1. The third-order valence-electron chi connectivity index (χ3n) is 11.2. The van der Waals surface area contributed by atoms with Crippen LogP contribution in [0.5, 0.6) is 28.7 Å². The van der Waals surface area contributed by atoms with E-state index in [1.54, 1.807) is 6.92 Å². The zero-order chi connectivity index (χ0) is 37.7. The molecule has 0 aliphatic carbocycles. The molecule has 0 aromatic heterocycles. The maximum atomic E-state index is 13.7. The predicted molar refractivity (Wildman–Crippen MR) is 193 cm³/mol. The molecule has 0 saturated carbocycles. The van der Waals surface area contributed by atoms with Crippen molar-refractivity contribution in [2.45, 2.75) is 89.6 Å². The molecule has 3 N–H and O–H groups in total. The molecular weight excluding hydrogens is 678 g/mol. The summed E-state index contributed by atoms with van der Waals surface area (Å²) in [5, 5.41) is 28.5. The highest BCUT2D eigenvalue weighted by atomic mass is 16.7. The summed E-state index contributed by atoms with van der Waals surface area (Å²) < 4.78 is 23.6. The zero-order valence-electron chi connectivity index (χ0n) is 30.8. The first-order chi connectivity index (χ1) is 25.4. The van der Waals surface area contributed by atoms with Crippen molar-refractivity contribution >= 4 is 17.8 Å². The van der Waals surface area contributed by atoms with Crippen molar-refractivity contribution in [1.82, 2.24) is 20.4 Å². The third-order valence-corrected chi connectivity index (χ3v) is 11.2. The Labute approximate surface area is 308 Å². The molecule has 278 valence electrons. The van der Waals surface area contributed by atoms with E-state index >= 15 is 0 Å². The standard InChI is InChI=1S/C40H45N5O8/c1-20-14-25-15-27-29(17-41)45-28(34(44(27)5)32(25)35(48)36(20)50-6)16-26-33(39-38(51-19-52-39)21(2)37(26)53-23(4)46)30(45)18-42-40(49)22(3)43-31(47)13-12-24-10-8-7-9-11-24/h7-11,14,22,27-30,34,48H,12-13,15-16,18-19H2,1-6H3,(H,42,49)(H,43,47)/t22?,27-,28?,29-,30-,34?/m0/s1. The van der Waals surface area contributed by atoms with E-state index in [9.17, 15) is 24.8 Å². The molecular formula is C40H45N5O8. The minimum absolute atomic E-state index is 0.0440. The van der Waals surface area contributed by atoms with Crippen LogP contribution in [0.25, 0.3) is 0 Å². The van der Waals surface area contributed by atoms with Gasteiger partial charge in [0.05, 0.1) is 25.3 Å². The number of fused-ring (bicyclic) bond motifs is 9. The lowest BCUT2D eigenvalue weighted by molar-refractivity contribution is -0.132. The monoisotopic (exact) mass is 723 g/mol. The lowest BCUT2D eigenvalue weighted by Crippen LogP contribution is -2.69. The maximum Gasteiger partial charge on any atom is 0.308 e. The first-order valence-electron chi connectivity index (χ1n) is 18.0. The molecule has 3 unspecified atom stereocenters. The Morgan fingerprint density at radius 1 is 1.08 bits per heavy atom. The van der Waals surface area contributed by atoms with Crippen molar-refractivity contribution in [2.75, 3.05) is 27.5 Å². The summed E-state index contributed by atoms with van der Waals surface area (Å²) in [4.78, 5) is 43.4. The topological polar surface area (TPSA) is 163 Å². The van der Waals surface area contributed by atoms with E-state index in [4.69, 9.17) is 18.9 Å². The molecule has 0 spiro atoms. The summed E-state index contributed by atoms with van der Waals surface area (Å²) in [6, 6.07) is 11.1. The molecule has 13 nitrogen and oxygen atoms in total. The molecule has 4 heterocycles. The quantitative estimate of drug-likeness (QED) is 0.218. The molecule has 2 amide bonds. The van der Waals surface area contributed by atoms with Crippen LogP contribution >= 0.6 is 0 Å². The van der Waals surface area contributed by atoms with Crippen LogP contribution in [-0.4, -0.2) is 84.4 Å². The molecule has 1 fully saturated rings. The van der Waals surface area contributed by atoms with Gasteiger partial charge < -0.3 is 34.7 Å². The third kappa shape index (κ3) is 6.19. The van der Waals surface area contributed by atoms with Gasteiger partial charge in [0.25, 0.3) is 0 Å². The number of hydrogen-bond acceptors (Lipinski definition) is 11. The summed E-state index contributed by atoms with van der Waals surface area (Å²) in [5.74, 6) is 0.585. The Morgan fingerprint density at radius 3 is 2.51 bits per heavy atom. The molecule has 4 aliphatic rings. The van der Waals surface area contributed by atoms with Gasteiger partial charge in [-0.3, -0.25) is 24.2 Å². The van der Waals surface area contributed by atoms with Crippen LogP contribution in [0.2, 0.25) is 0 Å². The van der Waals surface area contributed by atoms with Crippen LogP contribution < -0.4 is 29.6 Å². The van der Waals surface area contributed by atoms with Gasteiger partial charge in [-0.1, -0.05) is 36.4 Å². The zero-order valence-corrected chi connectivity index (χ0v) is 30.8. The molecule has 7 rings (SSSR count). The Bertz CT molecular complexity index is 2010. The maximum absolute atomic E-state index is 13.7. The number of hydrogen-bond donors (Lipinski definition) is 3. The number of carbonyl (C=O) groups excluding carboxylic acids is 3. The number of amides is 2. The number of carbonyl (C=O) groups is 3. The van der Waals surface area contributed by atoms with E-state index in [1.807, 2.05) is 57.3 Å². The molecule has 6 atom stereocenters. The van der Waals surface area contributed by atoms with Gasteiger partial charge in [0.2, 0.25) is 18.6 Å². The van der Waals surface area contributed by atoms with Crippen molar-refractivity contribution in [3.8, 4) is 34.8 Å². The van der Waals surface area contributed by atoms with E-state index in [0.29, 0.717) is 59.0 Å². The number of piperazine rings is 1. The molecule has 2 bridgehead atoms. The van der Waals surface area contributed by atoms with Gasteiger partial charge in [-0.15, -0.1) is 0 Å². The van der Waals surface area contributed by atoms with Crippen LogP contribution in [0, 0.1) is 25.2 Å². The van der Waals surface area contributed by atoms with Crippen molar-refractivity contribution in [3.05, 3.63) is 75.3 Å². The summed E-state index contributed by atoms with van der Waals surface area (Å²) in [7, 11) is 3.50. The predicted octanol–water partition coefficient (Wildman–Crippen LogP) is 3.70. The van der Waals surface area contributed by atoms with Gasteiger partial charge in [-0.05, 0) is 63.8 Å². The van der Waals surface area contributed by atoms with Crippen LogP contribution in [0.4, 0.5) is 0 Å². The van der Waals surface area contributed by atoms with E-state index in [2.05, 4.69) is 26.5 Å². The average molecular weight is 724 g/mol. The van der Waals surface area contributed by atoms with Crippen LogP contribution in [0.3, 0.4) is 0 Å². The number of esters is 1. The summed E-state index contributed by atoms with van der Waals surface area (Å²) >= 11 is 0. The second kappa shape index (κ2) is 14.2. The fourth-order valence-electron chi connectivity index (χ4n) is 8.94. The molecule has 13 heteroatoms. The van der Waals surface area contributed by atoms with Crippen LogP contribution in [-0.2, 0) is 33.6 Å². The number of benzene rings is 3. The highest BCUT2D eigenvalue weighted by Gasteiger charge is 2.57. The SMILES string of the molecule is COc1c(C)cc2c(c1O)C1C3Cc4c(OC(C)=O)c(C)c5c(c4[C@H](CNC(=O)C(C)NC(=O)CCc4ccccc4)N3[C@@H](C#N)[C@H](C2)N1C)OCO5. The number of nitrogens with one attached hydrogen (secondary N) is 2. The van der Waals surface area contributed by atoms with Crippen molar-refractivity contribution in [2.24, 2.45) is 0 Å². The minimum atomic E-state index is -0.838. The highest BCUT2D eigenvalue weighted by molar-refractivity contribution is 5.87. The minimum Gasteiger partial charge on any atom is -0.504 e. The molecule has 1 saturated heterocycles. The highest BCUT2D eigenvalue weighted by Crippen LogP contribution is 2.58. The number of methoxy groups -OCH3 is 1. The molecule has 0 radical (unpaired) electrons. The Hall–Kier alpha value is -5.32. The van der Waals surface area contributed by atoms with E-state index in [0.717, 1.165) is 22.3 Å². The van der Waals surface area contributed by atoms with Crippen molar-refractivity contribution < 1.29 is 38.4 Å². The number of aromatic hydroxyl groups is 1. The summed E-state index contributed by atoms with van der Waals surface area (Å²) in [6.07, 6.45) is 1.62. The van der Waals surface area contributed by atoms with E-state index in [-0.39, 0.29) is 37.5 Å². The van der Waals surface area contributed by atoms with E-state index < -0.39 is 42.1 Å². The largest absolute Gasteiger partial charge is 0.504 e. The smallest absolute Gasteiger partial charge is 0.308 e. The molecule has 3 aromatic carbocycles. The van der Waals surface area contributed by atoms with Gasteiger partial charge >= 0.3 is 5.97 Å². The average Bonchev–Trinajstić information content (AvgIpc) is 3.62. The van der Waals surface area contributed by atoms with Gasteiger partial charge in [0.15, 0.2) is 23.0 Å². The first kappa shape index (κ1) is 36.1. The van der Waals surface area contributed by atoms with Crippen LogP contribution in [0.15, 0.2) is 36.4 Å². The number of nitriles is 1. The fraction of sp³-hybridized carbons (Fsp3) is 0.450. The van der Waals surface area contributed by atoms with Crippen molar-refractivity contribution in [1.29, 1.82) is 5.26 Å². The number of rotatable bonds is 9. The normalized spacial score (nSPS) is 23.1. The second-order valence-corrected chi connectivity index (χ2v) is 14.4. The lowest BCUT2D eigenvalue weighted by Gasteiger charge is -2.60. The molecule has 4 aliphatic heterocycles. The number of likely N-dealkylation sites (N-methyl/N-ethyl adjacent to an activating group) is 1. The van der Waals surface area contributed by atoms with Crippen LogP contribution in [0.1, 0.15) is 71.3 Å². The summed E-state index contributed by atoms with van der Waals surface area (Å²) in [6.45, 7) is 6.68. The fourth-order valence-corrected chi connectivity index (χ4v) is 8.94. The van der Waals surface area contributed by atoms with E-state index in [1.165, 1.54) is 14.0 Å². The number of aryl methyl sites for hydroxylation is 2. The number of phenols is 1. The van der Waals surface area contributed by atoms with Gasteiger partial charge in [-0.25, -0.2) is 0 Å². The van der Waals surface area contributed by atoms with Gasteiger partial charge in [-0.2, -0.15) is 5.26 Å². The number of ether oxygens (including phenoxy) is 4. The lowest BCUT2D eigenvalue weighted by atomic mass is 9.71. The van der Waals surface area contributed by atoms with Gasteiger partial charge in [0, 0.05) is 54.2 Å². The Balaban J connectivity index is 1.28. The summed E-state index contributed by atoms with van der Waals surface area (Å²) in [5.41, 5.74) is 5.49. The number of nitrogens with zero attached hydrogens (tertiary/aromatic N) is 3. The molecule has 53 heavy (non-hydrogen) atoms. The Morgan fingerprint density at radius 2 is 1.81 bits per heavy atom. The Kier molecular flexibility index (Phi) is 9.69. The molecule has 3 aromatic rings. The second-order valence-electron chi connectivity index (χ2n) is 14.4. The first-order valence-corrected chi connectivity index (χ1v) is 18.0. The van der Waals surface area contributed by atoms with Crippen molar-refractivity contribution in [3.63, 3.8) is 0 Å². The van der Waals surface area contributed by atoms with Gasteiger partial charge in [0.1, 0.15) is 17.8 Å².